The van der Waals surface area contributed by atoms with Crippen molar-refractivity contribution in [3.8, 4) is 0 Å². The molecular weight excluding hydrogens is 256 g/mol. The topological polar surface area (TPSA) is 130 Å². The Hall–Kier alpha value is -1.70. The Balaban J connectivity index is 2.35. The molecule has 18 heavy (non-hydrogen) atoms. The van der Waals surface area contributed by atoms with Gasteiger partial charge in [-0.05, 0) is 18.0 Å². The highest BCUT2D eigenvalue weighted by atomic mass is 32.2. The minimum Gasteiger partial charge on any atom is -0.395 e. The Bertz CT molecular complexity index is 540. The number of nitrogen functional groups attached to an aromatic ring is 1. The number of nitrogens with zero attached hydrogens (tertiary/aromatic N) is 5. The predicted molar refractivity (Wildman–Crippen MR) is 68.0 cm³/mol. The third kappa shape index (κ3) is 2.42. The predicted octanol–water partition coefficient (Wildman–Crippen LogP) is 0.501. The molecule has 96 valence electrons. The summed E-state index contributed by atoms with van der Waals surface area (Å²) in [7, 11) is 0. The van der Waals surface area contributed by atoms with Crippen molar-refractivity contribution >= 4 is 17.6 Å². The monoisotopic (exact) mass is 268 g/mol. The fraction of sp³-hybridized carbons (Fsp3) is 0.556. The highest BCUT2D eigenvalue weighted by molar-refractivity contribution is 8.00. The second-order valence-corrected chi connectivity index (χ2v) is 5.30. The maximum absolute atomic E-state index is 11.7. The molecule has 0 amide bonds. The Morgan fingerprint density at radius 2 is 2.56 bits per heavy atom. The minimum atomic E-state index is -0.482. The Morgan fingerprint density at radius 1 is 1.78 bits per heavy atom. The number of rotatable bonds is 3. The van der Waals surface area contributed by atoms with Gasteiger partial charge < -0.3 is 10.8 Å². The summed E-state index contributed by atoms with van der Waals surface area (Å²) in [5, 5.41) is 12.4. The molecule has 0 spiro atoms. The number of aliphatic hydroxyl groups is 1. The minimum absolute atomic E-state index is 0.0181. The molecule has 1 saturated heterocycles. The van der Waals surface area contributed by atoms with Crippen molar-refractivity contribution in [2.45, 2.75) is 23.1 Å². The molecule has 9 heteroatoms. The number of hydrogen-bond acceptors (Lipinski definition) is 6. The number of aromatic nitrogens is 2. The van der Waals surface area contributed by atoms with E-state index >= 15 is 0 Å². The van der Waals surface area contributed by atoms with Gasteiger partial charge in [-0.2, -0.15) is 4.98 Å². The van der Waals surface area contributed by atoms with Crippen LogP contribution in [0.25, 0.3) is 10.4 Å². The molecule has 1 fully saturated rings. The third-order valence-corrected chi connectivity index (χ3v) is 4.24. The number of thioether (sulfide) groups is 1. The van der Waals surface area contributed by atoms with Crippen molar-refractivity contribution < 1.29 is 5.11 Å². The van der Waals surface area contributed by atoms with E-state index in [2.05, 4.69) is 15.0 Å². The quantitative estimate of drug-likeness (QED) is 0.468. The molecule has 0 aliphatic carbocycles. The van der Waals surface area contributed by atoms with Gasteiger partial charge in [0.1, 0.15) is 5.82 Å². The molecule has 3 atom stereocenters. The molecule has 1 aliphatic heterocycles. The second-order valence-electron chi connectivity index (χ2n) is 3.88. The van der Waals surface area contributed by atoms with E-state index in [1.807, 2.05) is 0 Å². The molecule has 2 heterocycles. The maximum Gasteiger partial charge on any atom is 0.350 e. The van der Waals surface area contributed by atoms with Crippen molar-refractivity contribution in [3.05, 3.63) is 33.2 Å². The fourth-order valence-corrected chi connectivity index (χ4v) is 3.31. The van der Waals surface area contributed by atoms with Crippen molar-refractivity contribution in [3.63, 3.8) is 0 Å². The van der Waals surface area contributed by atoms with E-state index in [1.54, 1.807) is 0 Å². The summed E-state index contributed by atoms with van der Waals surface area (Å²) < 4.78 is 1.38. The van der Waals surface area contributed by atoms with Gasteiger partial charge in [0.15, 0.2) is 0 Å². The standard InChI is InChI=1S/C9H12N6O2S/c10-7-1-2-15(9(17)12-7)8-6(13-14-11)3-5(4-16)18-8/h1-2,5-6,8,16H,3-4H2,(H2,10,12,17)/t5-,6+,8-/m1/s1. The molecule has 3 N–H and O–H groups in total. The third-order valence-electron chi connectivity index (χ3n) is 2.69. The van der Waals surface area contributed by atoms with E-state index in [0.29, 0.717) is 6.42 Å². The van der Waals surface area contributed by atoms with E-state index in [1.165, 1.54) is 28.6 Å². The number of anilines is 1. The lowest BCUT2D eigenvalue weighted by molar-refractivity contribution is 0.289. The first-order valence-electron chi connectivity index (χ1n) is 5.31. The average Bonchev–Trinajstić information content (AvgIpc) is 2.73. The Morgan fingerprint density at radius 3 is 3.17 bits per heavy atom. The lowest BCUT2D eigenvalue weighted by Gasteiger charge is -2.16. The van der Waals surface area contributed by atoms with E-state index in [4.69, 9.17) is 16.4 Å². The van der Waals surface area contributed by atoms with Crippen LogP contribution >= 0.6 is 11.8 Å². The van der Waals surface area contributed by atoms with Crippen LogP contribution in [0.3, 0.4) is 0 Å². The normalized spacial score (nSPS) is 26.8. The van der Waals surface area contributed by atoms with Crippen molar-refractivity contribution in [2.75, 3.05) is 12.3 Å². The summed E-state index contributed by atoms with van der Waals surface area (Å²) in [6.45, 7) is -0.0181. The van der Waals surface area contributed by atoms with E-state index in [0.717, 1.165) is 0 Å². The zero-order valence-electron chi connectivity index (χ0n) is 9.38. The van der Waals surface area contributed by atoms with Gasteiger partial charge in [-0.15, -0.1) is 11.8 Å². The van der Waals surface area contributed by atoms with Crippen LogP contribution in [0.4, 0.5) is 5.82 Å². The van der Waals surface area contributed by atoms with Crippen LogP contribution in [0.5, 0.6) is 0 Å². The van der Waals surface area contributed by atoms with Gasteiger partial charge in [-0.1, -0.05) is 5.11 Å². The largest absolute Gasteiger partial charge is 0.395 e. The Labute approximate surface area is 106 Å². The van der Waals surface area contributed by atoms with Crippen LogP contribution in [0.1, 0.15) is 11.8 Å². The molecule has 8 nitrogen and oxygen atoms in total. The number of aliphatic hydroxyl groups excluding tert-OH is 1. The van der Waals surface area contributed by atoms with Crippen molar-refractivity contribution in [1.82, 2.24) is 9.55 Å². The number of hydrogen-bond donors (Lipinski definition) is 2. The lowest BCUT2D eigenvalue weighted by Crippen LogP contribution is -2.29. The SMILES string of the molecule is [N-]=[N+]=N[C@H]1C[C@H](CO)S[C@H]1n1ccc(N)nc1=O. The average molecular weight is 268 g/mol. The molecule has 2 rings (SSSR count). The molecule has 0 radical (unpaired) electrons. The summed E-state index contributed by atoms with van der Waals surface area (Å²) in [5.74, 6) is 0.151. The van der Waals surface area contributed by atoms with E-state index < -0.39 is 5.69 Å². The zero-order valence-corrected chi connectivity index (χ0v) is 10.2. The van der Waals surface area contributed by atoms with Crippen molar-refractivity contribution in [2.24, 2.45) is 5.11 Å². The number of nitrogens with two attached hydrogens (primary N) is 1. The molecule has 0 aromatic carbocycles. The first-order chi connectivity index (χ1) is 8.65. The molecule has 1 aliphatic rings. The van der Waals surface area contributed by atoms with Gasteiger partial charge in [0, 0.05) is 16.4 Å². The molecule has 0 bridgehead atoms. The van der Waals surface area contributed by atoms with Gasteiger partial charge >= 0.3 is 5.69 Å². The Kier molecular flexibility index (Phi) is 3.75. The van der Waals surface area contributed by atoms with Crippen LogP contribution in [0.15, 0.2) is 22.2 Å². The molecular formula is C9H12N6O2S. The maximum atomic E-state index is 11.7. The van der Waals surface area contributed by atoms with Crippen LogP contribution in [0, 0.1) is 0 Å². The number of azide groups is 1. The summed E-state index contributed by atoms with van der Waals surface area (Å²) in [6.07, 6.45) is 2.06. The second kappa shape index (κ2) is 5.30. The molecule has 0 saturated carbocycles. The highest BCUT2D eigenvalue weighted by Gasteiger charge is 2.35. The summed E-state index contributed by atoms with van der Waals surface area (Å²) in [5.41, 5.74) is 13.5. The summed E-state index contributed by atoms with van der Waals surface area (Å²) in [6, 6.07) is 1.14. The first kappa shape index (κ1) is 12.7. The molecule has 0 unspecified atom stereocenters. The van der Waals surface area contributed by atoms with Crippen LogP contribution in [0.2, 0.25) is 0 Å². The van der Waals surface area contributed by atoms with Crippen molar-refractivity contribution in [1.29, 1.82) is 0 Å². The fourth-order valence-electron chi connectivity index (χ4n) is 1.89. The van der Waals surface area contributed by atoms with E-state index in [-0.39, 0.29) is 29.1 Å². The first-order valence-corrected chi connectivity index (χ1v) is 6.25. The summed E-state index contributed by atoms with van der Waals surface area (Å²) in [4.78, 5) is 18.2. The van der Waals surface area contributed by atoms with Gasteiger partial charge in [-0.25, -0.2) is 4.79 Å². The highest BCUT2D eigenvalue weighted by Crippen LogP contribution is 2.42. The van der Waals surface area contributed by atoms with Gasteiger partial charge in [0.2, 0.25) is 0 Å². The van der Waals surface area contributed by atoms with Gasteiger partial charge in [0.25, 0.3) is 0 Å². The van der Waals surface area contributed by atoms with Crippen LogP contribution in [-0.4, -0.2) is 32.6 Å². The lowest BCUT2D eigenvalue weighted by atomic mass is 10.2. The van der Waals surface area contributed by atoms with E-state index in [9.17, 15) is 4.79 Å². The van der Waals surface area contributed by atoms with Crippen LogP contribution in [-0.2, 0) is 0 Å². The van der Waals surface area contributed by atoms with Gasteiger partial charge in [-0.3, -0.25) is 4.57 Å². The molecule has 1 aromatic heterocycles. The summed E-state index contributed by atoms with van der Waals surface area (Å²) >= 11 is 1.40. The van der Waals surface area contributed by atoms with Gasteiger partial charge in [0.05, 0.1) is 18.0 Å². The zero-order chi connectivity index (χ0) is 13.1. The van der Waals surface area contributed by atoms with Crippen LogP contribution < -0.4 is 11.4 Å². The molecule has 1 aromatic rings. The smallest absolute Gasteiger partial charge is 0.350 e.